The second-order valence-corrected chi connectivity index (χ2v) is 5.67. The Balaban J connectivity index is 2.57. The number of benzene rings is 2. The van der Waals surface area contributed by atoms with Crippen LogP contribution in [0, 0.1) is 6.92 Å². The first-order valence-electron chi connectivity index (χ1n) is 6.57. The number of hydrogen-bond donors (Lipinski definition) is 0. The summed E-state index contributed by atoms with van der Waals surface area (Å²) in [4.78, 5) is 4.80. The van der Waals surface area contributed by atoms with Gasteiger partial charge < -0.3 is 0 Å². The maximum Gasteiger partial charge on any atom is 0.0756 e. The zero-order valence-corrected chi connectivity index (χ0v) is 12.1. The highest BCUT2D eigenvalue weighted by molar-refractivity contribution is 6.40. The number of rotatable bonds is 1. The van der Waals surface area contributed by atoms with E-state index in [9.17, 15) is 0 Å². The summed E-state index contributed by atoms with van der Waals surface area (Å²) < 4.78 is 0. The monoisotopic (exact) mass is 269 g/mol. The largest absolute Gasteiger partial charge is 0.247 e. The Bertz CT molecular complexity index is 775. The third kappa shape index (κ3) is 1.89. The van der Waals surface area contributed by atoms with Gasteiger partial charge in [0.05, 0.1) is 16.1 Å². The zero-order chi connectivity index (χ0) is 13.6. The Morgan fingerprint density at radius 3 is 2.53 bits per heavy atom. The van der Waals surface area contributed by atoms with E-state index >= 15 is 0 Å². The standard InChI is InChI=1S/C17H16ClN/c1-10(2)12-9-8-11(3)17-15(12)16(18)13-6-4-5-7-14(13)19-17/h4-10H,1-3H3. The first-order chi connectivity index (χ1) is 9.09. The molecule has 0 saturated heterocycles. The van der Waals surface area contributed by atoms with Crippen LogP contribution in [0.4, 0.5) is 0 Å². The average Bonchev–Trinajstić information content (AvgIpc) is 2.40. The normalized spacial score (nSPS) is 11.6. The Morgan fingerprint density at radius 2 is 1.79 bits per heavy atom. The predicted molar refractivity (Wildman–Crippen MR) is 83.1 cm³/mol. The molecule has 19 heavy (non-hydrogen) atoms. The molecule has 96 valence electrons. The van der Waals surface area contributed by atoms with Crippen molar-refractivity contribution in [3.63, 3.8) is 0 Å². The summed E-state index contributed by atoms with van der Waals surface area (Å²) in [7, 11) is 0. The fourth-order valence-electron chi connectivity index (χ4n) is 2.58. The molecule has 0 atom stereocenters. The van der Waals surface area contributed by atoms with E-state index in [2.05, 4.69) is 32.9 Å². The first-order valence-corrected chi connectivity index (χ1v) is 6.95. The van der Waals surface area contributed by atoms with Crippen LogP contribution in [-0.4, -0.2) is 4.98 Å². The molecule has 0 fully saturated rings. The van der Waals surface area contributed by atoms with E-state index in [1.54, 1.807) is 0 Å². The molecule has 1 heterocycles. The molecule has 0 aliphatic heterocycles. The number of aryl methyl sites for hydroxylation is 1. The van der Waals surface area contributed by atoms with Crippen molar-refractivity contribution >= 4 is 33.4 Å². The summed E-state index contributed by atoms with van der Waals surface area (Å²) in [6.45, 7) is 6.47. The summed E-state index contributed by atoms with van der Waals surface area (Å²) in [5.41, 5.74) is 4.43. The number of aromatic nitrogens is 1. The molecular weight excluding hydrogens is 254 g/mol. The molecule has 0 spiro atoms. The van der Waals surface area contributed by atoms with Crippen LogP contribution in [0.3, 0.4) is 0 Å². The molecule has 3 aromatic rings. The van der Waals surface area contributed by atoms with Gasteiger partial charge in [-0.05, 0) is 30.0 Å². The number of nitrogens with zero attached hydrogens (tertiary/aromatic N) is 1. The third-order valence-electron chi connectivity index (χ3n) is 3.63. The fraction of sp³-hybridized carbons (Fsp3) is 0.235. The van der Waals surface area contributed by atoms with Crippen molar-refractivity contribution in [2.24, 2.45) is 0 Å². The van der Waals surface area contributed by atoms with Crippen LogP contribution in [-0.2, 0) is 0 Å². The lowest BCUT2D eigenvalue weighted by Crippen LogP contribution is -1.95. The average molecular weight is 270 g/mol. The Labute approximate surface area is 118 Å². The van der Waals surface area contributed by atoms with E-state index in [-0.39, 0.29) is 0 Å². The van der Waals surface area contributed by atoms with E-state index in [0.29, 0.717) is 5.92 Å². The maximum absolute atomic E-state index is 6.66. The van der Waals surface area contributed by atoms with E-state index in [4.69, 9.17) is 16.6 Å². The van der Waals surface area contributed by atoms with Crippen molar-refractivity contribution in [2.45, 2.75) is 26.7 Å². The topological polar surface area (TPSA) is 12.9 Å². The smallest absolute Gasteiger partial charge is 0.0756 e. The summed E-state index contributed by atoms with van der Waals surface area (Å²) in [6, 6.07) is 12.4. The Morgan fingerprint density at radius 1 is 1.05 bits per heavy atom. The van der Waals surface area contributed by atoms with Crippen LogP contribution in [0.1, 0.15) is 30.9 Å². The number of hydrogen-bond acceptors (Lipinski definition) is 1. The van der Waals surface area contributed by atoms with Gasteiger partial charge >= 0.3 is 0 Å². The van der Waals surface area contributed by atoms with Crippen LogP contribution >= 0.6 is 11.6 Å². The zero-order valence-electron chi connectivity index (χ0n) is 11.4. The van der Waals surface area contributed by atoms with Crippen LogP contribution in [0.2, 0.25) is 5.02 Å². The van der Waals surface area contributed by atoms with Crippen molar-refractivity contribution in [1.29, 1.82) is 0 Å². The molecule has 0 aliphatic carbocycles. The van der Waals surface area contributed by atoms with Crippen molar-refractivity contribution in [2.75, 3.05) is 0 Å². The molecule has 0 radical (unpaired) electrons. The summed E-state index contributed by atoms with van der Waals surface area (Å²) in [5.74, 6) is 0.434. The number of para-hydroxylation sites is 1. The summed E-state index contributed by atoms with van der Waals surface area (Å²) in [5, 5.41) is 2.97. The molecule has 0 unspecified atom stereocenters. The second kappa shape index (κ2) is 4.50. The van der Waals surface area contributed by atoms with Gasteiger partial charge in [-0.25, -0.2) is 4.98 Å². The molecule has 1 nitrogen and oxygen atoms in total. The highest BCUT2D eigenvalue weighted by atomic mass is 35.5. The van der Waals surface area contributed by atoms with Crippen LogP contribution in [0.5, 0.6) is 0 Å². The molecule has 2 aromatic carbocycles. The van der Waals surface area contributed by atoms with Gasteiger partial charge in [-0.1, -0.05) is 55.8 Å². The van der Waals surface area contributed by atoms with Gasteiger partial charge in [0.15, 0.2) is 0 Å². The van der Waals surface area contributed by atoms with Crippen molar-refractivity contribution in [1.82, 2.24) is 4.98 Å². The molecule has 0 N–H and O–H groups in total. The van der Waals surface area contributed by atoms with E-state index in [1.807, 2.05) is 24.3 Å². The molecule has 0 saturated carbocycles. The predicted octanol–water partition coefficient (Wildman–Crippen LogP) is 5.47. The lowest BCUT2D eigenvalue weighted by Gasteiger charge is -2.14. The van der Waals surface area contributed by atoms with Gasteiger partial charge in [0.2, 0.25) is 0 Å². The quantitative estimate of drug-likeness (QED) is 0.534. The molecule has 0 amide bonds. The number of fused-ring (bicyclic) bond motifs is 2. The molecule has 1 aromatic heterocycles. The van der Waals surface area contributed by atoms with E-state index < -0.39 is 0 Å². The van der Waals surface area contributed by atoms with Gasteiger partial charge in [0.1, 0.15) is 0 Å². The molecule has 2 heteroatoms. The molecule has 0 aliphatic rings. The summed E-state index contributed by atoms with van der Waals surface area (Å²) >= 11 is 6.66. The number of pyridine rings is 1. The molecular formula is C17H16ClN. The van der Waals surface area contributed by atoms with Crippen LogP contribution in [0.25, 0.3) is 21.8 Å². The first kappa shape index (κ1) is 12.4. The van der Waals surface area contributed by atoms with Crippen molar-refractivity contribution < 1.29 is 0 Å². The maximum atomic E-state index is 6.66. The fourth-order valence-corrected chi connectivity index (χ4v) is 2.94. The highest BCUT2D eigenvalue weighted by Gasteiger charge is 2.14. The summed E-state index contributed by atoms with van der Waals surface area (Å²) in [6.07, 6.45) is 0. The Hall–Kier alpha value is -1.60. The minimum atomic E-state index is 0.434. The van der Waals surface area contributed by atoms with Gasteiger partial charge in [-0.2, -0.15) is 0 Å². The minimum absolute atomic E-state index is 0.434. The Kier molecular flexibility index (Phi) is 2.94. The third-order valence-corrected chi connectivity index (χ3v) is 4.02. The SMILES string of the molecule is Cc1ccc(C(C)C)c2c(Cl)c3ccccc3nc12. The van der Waals surface area contributed by atoms with Gasteiger partial charge in [0.25, 0.3) is 0 Å². The van der Waals surface area contributed by atoms with Gasteiger partial charge in [-0.3, -0.25) is 0 Å². The van der Waals surface area contributed by atoms with E-state index in [1.165, 1.54) is 11.1 Å². The van der Waals surface area contributed by atoms with Crippen LogP contribution < -0.4 is 0 Å². The lowest BCUT2D eigenvalue weighted by molar-refractivity contribution is 0.875. The van der Waals surface area contributed by atoms with Crippen molar-refractivity contribution in [3.8, 4) is 0 Å². The number of halogens is 1. The highest BCUT2D eigenvalue weighted by Crippen LogP contribution is 2.36. The van der Waals surface area contributed by atoms with Crippen LogP contribution in [0.15, 0.2) is 36.4 Å². The lowest BCUT2D eigenvalue weighted by atomic mass is 9.95. The van der Waals surface area contributed by atoms with Crippen molar-refractivity contribution in [3.05, 3.63) is 52.5 Å². The second-order valence-electron chi connectivity index (χ2n) is 5.29. The minimum Gasteiger partial charge on any atom is -0.247 e. The van der Waals surface area contributed by atoms with Gasteiger partial charge in [-0.15, -0.1) is 0 Å². The molecule has 3 rings (SSSR count). The molecule has 0 bridgehead atoms. The van der Waals surface area contributed by atoms with Gasteiger partial charge in [0, 0.05) is 10.8 Å². The van der Waals surface area contributed by atoms with E-state index in [0.717, 1.165) is 26.8 Å².